The fourth-order valence-corrected chi connectivity index (χ4v) is 3.87. The first-order valence-corrected chi connectivity index (χ1v) is 11.6. The number of ether oxygens (including phenoxy) is 2. The third kappa shape index (κ3) is 5.92. The molecule has 0 unspecified atom stereocenters. The summed E-state index contributed by atoms with van der Waals surface area (Å²) in [6.45, 7) is 5.06. The first-order chi connectivity index (χ1) is 16.0. The summed E-state index contributed by atoms with van der Waals surface area (Å²) in [6, 6.07) is 21.1. The molecule has 1 amide bonds. The second-order valence-corrected chi connectivity index (χ2v) is 8.57. The third-order valence-corrected chi connectivity index (χ3v) is 5.72. The van der Waals surface area contributed by atoms with E-state index in [1.54, 1.807) is 18.3 Å². The summed E-state index contributed by atoms with van der Waals surface area (Å²) < 4.78 is 18.0. The highest BCUT2D eigenvalue weighted by molar-refractivity contribution is 14.1. The molecular weight excluding hydrogens is 531 g/mol. The standard InChI is InChI=1S/C26H23IN2O4/c1-3-31-21-9-11-23-20(13-21)14-25(33-23)26(30)29-28-15-19-8-10-24(22(27)12-19)32-16-18-6-4-17(2)5-7-18/h4-15H,3,16H2,1-2H3,(H,29,30)/b28-15+. The molecule has 33 heavy (non-hydrogen) atoms. The van der Waals surface area contributed by atoms with Crippen LogP contribution < -0.4 is 14.9 Å². The Morgan fingerprint density at radius 2 is 1.88 bits per heavy atom. The second kappa shape index (κ2) is 10.5. The van der Waals surface area contributed by atoms with Crippen LogP contribution in [0.5, 0.6) is 11.5 Å². The van der Waals surface area contributed by atoms with Crippen molar-refractivity contribution in [1.29, 1.82) is 0 Å². The van der Waals surface area contributed by atoms with Crippen LogP contribution in [0.4, 0.5) is 0 Å². The van der Waals surface area contributed by atoms with Crippen molar-refractivity contribution in [1.82, 2.24) is 5.43 Å². The summed E-state index contributed by atoms with van der Waals surface area (Å²) in [5, 5.41) is 4.85. The first-order valence-electron chi connectivity index (χ1n) is 10.5. The molecule has 0 bridgehead atoms. The average Bonchev–Trinajstić information content (AvgIpc) is 3.23. The Bertz CT molecular complexity index is 1300. The molecule has 0 radical (unpaired) electrons. The van der Waals surface area contributed by atoms with Gasteiger partial charge in [-0.2, -0.15) is 5.10 Å². The van der Waals surface area contributed by atoms with Crippen LogP contribution in [0.2, 0.25) is 0 Å². The molecule has 3 aromatic carbocycles. The van der Waals surface area contributed by atoms with E-state index >= 15 is 0 Å². The van der Waals surface area contributed by atoms with Crippen molar-refractivity contribution in [3.05, 3.63) is 92.8 Å². The van der Waals surface area contributed by atoms with Crippen molar-refractivity contribution in [3.8, 4) is 11.5 Å². The number of hydrogen-bond donors (Lipinski definition) is 1. The van der Waals surface area contributed by atoms with Gasteiger partial charge in [-0.15, -0.1) is 0 Å². The number of aryl methyl sites for hydroxylation is 1. The van der Waals surface area contributed by atoms with Crippen LogP contribution >= 0.6 is 22.6 Å². The minimum Gasteiger partial charge on any atom is -0.494 e. The molecule has 0 fully saturated rings. The maximum absolute atomic E-state index is 12.4. The van der Waals surface area contributed by atoms with Gasteiger partial charge in [-0.25, -0.2) is 5.43 Å². The molecule has 0 spiro atoms. The zero-order valence-electron chi connectivity index (χ0n) is 18.3. The Balaban J connectivity index is 1.35. The van der Waals surface area contributed by atoms with E-state index in [2.05, 4.69) is 64.3 Å². The largest absolute Gasteiger partial charge is 0.494 e. The third-order valence-electron chi connectivity index (χ3n) is 4.87. The molecule has 168 valence electrons. The lowest BCUT2D eigenvalue weighted by Crippen LogP contribution is -2.16. The highest BCUT2D eigenvalue weighted by Crippen LogP contribution is 2.25. The van der Waals surface area contributed by atoms with Crippen LogP contribution in [0.1, 0.15) is 34.2 Å². The van der Waals surface area contributed by atoms with Gasteiger partial charge in [0.25, 0.3) is 0 Å². The number of halogens is 1. The first kappa shape index (κ1) is 22.8. The lowest BCUT2D eigenvalue weighted by atomic mass is 10.2. The number of carbonyl (C=O) groups is 1. The summed E-state index contributed by atoms with van der Waals surface area (Å²) in [5.41, 5.74) is 6.30. The van der Waals surface area contributed by atoms with E-state index in [1.807, 2.05) is 37.3 Å². The van der Waals surface area contributed by atoms with Crippen molar-refractivity contribution >= 4 is 45.7 Å². The second-order valence-electron chi connectivity index (χ2n) is 7.41. The van der Waals surface area contributed by atoms with Crippen LogP contribution in [0.25, 0.3) is 11.0 Å². The summed E-state index contributed by atoms with van der Waals surface area (Å²) in [7, 11) is 0. The number of nitrogens with one attached hydrogen (secondary N) is 1. The Kier molecular flexibility index (Phi) is 7.29. The summed E-state index contributed by atoms with van der Waals surface area (Å²) in [5.74, 6) is 1.29. The number of hydrazone groups is 1. The van der Waals surface area contributed by atoms with Crippen LogP contribution in [0.3, 0.4) is 0 Å². The molecule has 7 heteroatoms. The quantitative estimate of drug-likeness (QED) is 0.163. The highest BCUT2D eigenvalue weighted by Gasteiger charge is 2.12. The molecule has 1 aromatic heterocycles. The van der Waals surface area contributed by atoms with E-state index in [-0.39, 0.29) is 5.76 Å². The molecule has 0 aliphatic heterocycles. The van der Waals surface area contributed by atoms with Crippen LogP contribution in [-0.4, -0.2) is 18.7 Å². The van der Waals surface area contributed by atoms with E-state index < -0.39 is 5.91 Å². The molecule has 4 rings (SSSR count). The Morgan fingerprint density at radius 3 is 2.64 bits per heavy atom. The highest BCUT2D eigenvalue weighted by atomic mass is 127. The van der Waals surface area contributed by atoms with E-state index in [0.29, 0.717) is 18.8 Å². The predicted molar refractivity (Wildman–Crippen MR) is 137 cm³/mol. The Labute approximate surface area is 205 Å². The van der Waals surface area contributed by atoms with Gasteiger partial charge in [-0.3, -0.25) is 4.79 Å². The molecule has 0 saturated carbocycles. The van der Waals surface area contributed by atoms with Gasteiger partial charge in [0.15, 0.2) is 5.76 Å². The van der Waals surface area contributed by atoms with E-state index in [4.69, 9.17) is 13.9 Å². The molecule has 0 aliphatic rings. The van der Waals surface area contributed by atoms with Gasteiger partial charge in [0.05, 0.1) is 16.4 Å². The number of carbonyl (C=O) groups excluding carboxylic acids is 1. The molecule has 4 aromatic rings. The number of fused-ring (bicyclic) bond motifs is 1. The Morgan fingerprint density at radius 1 is 1.06 bits per heavy atom. The molecule has 1 heterocycles. The van der Waals surface area contributed by atoms with E-state index in [9.17, 15) is 4.79 Å². The van der Waals surface area contributed by atoms with Gasteiger partial charge >= 0.3 is 5.91 Å². The van der Waals surface area contributed by atoms with Crippen molar-refractivity contribution in [3.63, 3.8) is 0 Å². The number of rotatable bonds is 8. The predicted octanol–water partition coefficient (Wildman–Crippen LogP) is 6.09. The number of benzene rings is 3. The van der Waals surface area contributed by atoms with Crippen LogP contribution in [0, 0.1) is 10.5 Å². The molecule has 0 saturated heterocycles. The number of furan rings is 1. The Hall–Kier alpha value is -3.33. The van der Waals surface area contributed by atoms with Crippen molar-refractivity contribution in [2.45, 2.75) is 20.5 Å². The van der Waals surface area contributed by atoms with Gasteiger partial charge in [-0.05, 0) is 90.0 Å². The molecule has 1 N–H and O–H groups in total. The van der Waals surface area contributed by atoms with Gasteiger partial charge in [-0.1, -0.05) is 29.8 Å². The molecule has 0 aliphatic carbocycles. The lowest BCUT2D eigenvalue weighted by Gasteiger charge is -2.09. The minimum atomic E-state index is -0.423. The fourth-order valence-electron chi connectivity index (χ4n) is 3.17. The summed E-state index contributed by atoms with van der Waals surface area (Å²) >= 11 is 2.23. The van der Waals surface area contributed by atoms with Crippen molar-refractivity contribution in [2.75, 3.05) is 6.61 Å². The molecule has 0 atom stereocenters. The van der Waals surface area contributed by atoms with Gasteiger partial charge in [0.2, 0.25) is 0 Å². The minimum absolute atomic E-state index is 0.185. The smallest absolute Gasteiger partial charge is 0.307 e. The summed E-state index contributed by atoms with van der Waals surface area (Å²) in [6.07, 6.45) is 1.58. The SMILES string of the molecule is CCOc1ccc2oc(C(=O)N/N=C/c3ccc(OCc4ccc(C)cc4)c(I)c3)cc2c1. The topological polar surface area (TPSA) is 73.1 Å². The van der Waals surface area contributed by atoms with Gasteiger partial charge < -0.3 is 13.9 Å². The lowest BCUT2D eigenvalue weighted by molar-refractivity contribution is 0.0929. The maximum Gasteiger partial charge on any atom is 0.307 e. The fraction of sp³-hybridized carbons (Fsp3) is 0.154. The van der Waals surface area contributed by atoms with Crippen molar-refractivity contribution in [2.24, 2.45) is 5.10 Å². The zero-order valence-corrected chi connectivity index (χ0v) is 20.5. The number of hydrogen-bond acceptors (Lipinski definition) is 5. The number of nitrogens with zero attached hydrogens (tertiary/aromatic N) is 1. The molecule has 6 nitrogen and oxygen atoms in total. The zero-order chi connectivity index (χ0) is 23.2. The van der Waals surface area contributed by atoms with Crippen molar-refractivity contribution < 1.29 is 18.7 Å². The number of amides is 1. The van der Waals surface area contributed by atoms with E-state index in [1.165, 1.54) is 5.56 Å². The summed E-state index contributed by atoms with van der Waals surface area (Å²) in [4.78, 5) is 12.4. The van der Waals surface area contributed by atoms with Gasteiger partial charge in [0, 0.05) is 5.39 Å². The monoisotopic (exact) mass is 554 g/mol. The maximum atomic E-state index is 12.4. The van der Waals surface area contributed by atoms with E-state index in [0.717, 1.165) is 31.6 Å². The normalized spacial score (nSPS) is 11.1. The van der Waals surface area contributed by atoms with Gasteiger partial charge in [0.1, 0.15) is 23.7 Å². The van der Waals surface area contributed by atoms with Crippen LogP contribution in [0.15, 0.2) is 76.2 Å². The average molecular weight is 554 g/mol. The van der Waals surface area contributed by atoms with Crippen LogP contribution in [-0.2, 0) is 6.61 Å². The molecular formula is C26H23IN2O4.